The lowest BCUT2D eigenvalue weighted by Crippen LogP contribution is -2.52. The number of hydrogen-bond donors (Lipinski definition) is 4. The van der Waals surface area contributed by atoms with Crippen molar-refractivity contribution in [2.75, 3.05) is 11.9 Å². The molecule has 3 amide bonds. The number of nitrogens with two attached hydrogens (primary N) is 1. The molecule has 1 aliphatic carbocycles. The van der Waals surface area contributed by atoms with Gasteiger partial charge in [0.1, 0.15) is 17.4 Å². The molecule has 1 spiro atoms. The van der Waals surface area contributed by atoms with E-state index in [1.165, 1.54) is 4.90 Å². The Morgan fingerprint density at radius 1 is 1.21 bits per heavy atom. The number of carbonyl (C=O) groups excluding carboxylic acids is 3. The Bertz CT molecular complexity index is 1160. The van der Waals surface area contributed by atoms with Crippen LogP contribution in [0.15, 0.2) is 36.4 Å². The van der Waals surface area contributed by atoms with E-state index in [-0.39, 0.29) is 30.5 Å². The van der Waals surface area contributed by atoms with E-state index >= 15 is 0 Å². The molecule has 8 nitrogen and oxygen atoms in total. The van der Waals surface area contributed by atoms with Gasteiger partial charge in [0.25, 0.3) is 5.91 Å². The summed E-state index contributed by atoms with van der Waals surface area (Å²) < 4.78 is 38.7. The van der Waals surface area contributed by atoms with Gasteiger partial charge in [-0.15, -0.1) is 0 Å². The largest absolute Gasteiger partial charge is 0.431 e. The second-order valence-electron chi connectivity index (χ2n) is 9.31. The molecule has 2 aliphatic heterocycles. The number of nitrogens with one attached hydrogen (secondary N) is 3. The van der Waals surface area contributed by atoms with Gasteiger partial charge in [-0.25, -0.2) is 0 Å². The average molecular weight is 475 g/mol. The smallest absolute Gasteiger partial charge is 0.347 e. The molecular formula is C23H24F3N5O3. The quantitative estimate of drug-likeness (QED) is 0.531. The molecule has 3 heterocycles. The van der Waals surface area contributed by atoms with Crippen LogP contribution in [0.1, 0.15) is 47.4 Å². The first-order valence-electron chi connectivity index (χ1n) is 11.1. The fourth-order valence-electron chi connectivity index (χ4n) is 4.95. The fraction of sp³-hybridized carbons (Fsp3) is 0.435. The highest BCUT2D eigenvalue weighted by molar-refractivity contribution is 6.07. The highest BCUT2D eigenvalue weighted by atomic mass is 19.4. The van der Waals surface area contributed by atoms with Gasteiger partial charge in [0.05, 0.1) is 11.6 Å². The van der Waals surface area contributed by atoms with Crippen LogP contribution < -0.4 is 16.4 Å². The Labute approximate surface area is 193 Å². The van der Waals surface area contributed by atoms with Crippen molar-refractivity contribution in [2.24, 2.45) is 11.7 Å². The monoisotopic (exact) mass is 475 g/mol. The van der Waals surface area contributed by atoms with E-state index in [2.05, 4.69) is 15.6 Å². The normalized spacial score (nSPS) is 24.8. The number of rotatable bonds is 5. The van der Waals surface area contributed by atoms with Gasteiger partial charge in [-0.3, -0.25) is 14.4 Å². The third kappa shape index (κ3) is 3.83. The van der Waals surface area contributed by atoms with Crippen molar-refractivity contribution in [2.45, 2.75) is 49.5 Å². The predicted molar refractivity (Wildman–Crippen MR) is 115 cm³/mol. The van der Waals surface area contributed by atoms with Crippen LogP contribution in [0.25, 0.3) is 0 Å². The molecule has 5 N–H and O–H groups in total. The van der Waals surface area contributed by atoms with Crippen LogP contribution in [0, 0.1) is 5.92 Å². The second kappa shape index (κ2) is 7.86. The molecule has 0 radical (unpaired) electrons. The molecule has 2 fully saturated rings. The van der Waals surface area contributed by atoms with Crippen molar-refractivity contribution in [3.05, 3.63) is 53.3 Å². The maximum atomic E-state index is 13.5. The molecule has 0 unspecified atom stereocenters. The molecule has 5 rings (SSSR count). The third-order valence-electron chi connectivity index (χ3n) is 6.91. The fourth-order valence-corrected chi connectivity index (χ4v) is 4.95. The maximum Gasteiger partial charge on any atom is 0.431 e. The number of fused-ring (bicyclic) bond motifs is 2. The number of hydrogen-bond acceptors (Lipinski definition) is 4. The molecule has 1 aromatic carbocycles. The summed E-state index contributed by atoms with van der Waals surface area (Å²) in [4.78, 5) is 42.6. The van der Waals surface area contributed by atoms with Gasteiger partial charge in [-0.05, 0) is 36.1 Å². The van der Waals surface area contributed by atoms with Crippen molar-refractivity contribution in [1.29, 1.82) is 0 Å². The topological polar surface area (TPSA) is 120 Å². The van der Waals surface area contributed by atoms with E-state index < -0.39 is 41.3 Å². The number of para-hydroxylation sites is 1. The summed E-state index contributed by atoms with van der Waals surface area (Å²) in [6, 6.07) is 8.11. The Morgan fingerprint density at radius 2 is 1.94 bits per heavy atom. The van der Waals surface area contributed by atoms with E-state index in [1.807, 2.05) is 18.2 Å². The summed E-state index contributed by atoms with van der Waals surface area (Å²) in [5, 5.41) is 5.44. The minimum absolute atomic E-state index is 0.0631. The lowest BCUT2D eigenvalue weighted by atomic mass is 9.80. The third-order valence-corrected chi connectivity index (χ3v) is 6.91. The lowest BCUT2D eigenvalue weighted by molar-refractivity contribution is -0.141. The van der Waals surface area contributed by atoms with Crippen molar-refractivity contribution in [3.8, 4) is 0 Å². The zero-order valence-electron chi connectivity index (χ0n) is 18.1. The molecule has 180 valence electrons. The van der Waals surface area contributed by atoms with Crippen molar-refractivity contribution < 1.29 is 27.6 Å². The summed E-state index contributed by atoms with van der Waals surface area (Å²) >= 11 is 0. The number of nitrogens with zero attached hydrogens (tertiary/aromatic N) is 1. The van der Waals surface area contributed by atoms with Crippen molar-refractivity contribution in [3.63, 3.8) is 0 Å². The molecule has 1 saturated carbocycles. The molecule has 3 atom stereocenters. The lowest BCUT2D eigenvalue weighted by Gasteiger charge is -2.28. The van der Waals surface area contributed by atoms with Crippen LogP contribution in [-0.4, -0.2) is 46.4 Å². The Kier molecular flexibility index (Phi) is 5.19. The van der Waals surface area contributed by atoms with Gasteiger partial charge >= 0.3 is 6.18 Å². The van der Waals surface area contributed by atoms with Crippen LogP contribution >= 0.6 is 0 Å². The number of carbonyl (C=O) groups is 3. The Hall–Kier alpha value is -3.34. The van der Waals surface area contributed by atoms with Crippen LogP contribution in [0.4, 0.5) is 18.9 Å². The van der Waals surface area contributed by atoms with E-state index in [0.717, 1.165) is 30.5 Å². The number of H-pyrrole nitrogens is 1. The number of alkyl halides is 3. The van der Waals surface area contributed by atoms with Crippen LogP contribution in [-0.2, 0) is 21.2 Å². The number of aromatic amines is 1. The maximum absolute atomic E-state index is 13.5. The molecule has 2 aromatic rings. The van der Waals surface area contributed by atoms with Crippen molar-refractivity contribution >= 4 is 23.4 Å². The number of anilines is 1. The first-order chi connectivity index (χ1) is 16.1. The SMILES string of the molecule is N[C@@H]1C[C@@]2(CN1C(=O)[C@H](CC1CC1)NC(=O)c1ccc(C(F)(F)F)[nH]1)C(=O)Nc1ccccc12. The molecule has 0 bridgehead atoms. The molecular weight excluding hydrogens is 451 g/mol. The van der Waals surface area contributed by atoms with Gasteiger partial charge in [-0.1, -0.05) is 31.0 Å². The summed E-state index contributed by atoms with van der Waals surface area (Å²) in [6.07, 6.45) is -2.95. The Morgan fingerprint density at radius 3 is 2.62 bits per heavy atom. The standard InChI is InChI=1S/C23H24F3N5O3/c24-23(25,26)17-8-7-15(28-17)19(32)29-16(9-12-5-6-12)20(33)31-11-22(10-18(31)27)13-3-1-2-4-14(13)30-21(22)34/h1-4,7-8,12,16,18,28H,5-6,9-11,27H2,(H,29,32)(H,30,34)/t16-,18-,22-/m0/s1. The first kappa shape index (κ1) is 22.5. The van der Waals surface area contributed by atoms with Gasteiger partial charge < -0.3 is 26.3 Å². The molecule has 3 aliphatic rings. The summed E-state index contributed by atoms with van der Waals surface area (Å²) in [5.74, 6) is -1.23. The van der Waals surface area contributed by atoms with E-state index in [1.54, 1.807) is 6.07 Å². The number of amides is 3. The summed E-state index contributed by atoms with van der Waals surface area (Å²) in [5.41, 5.74) is 5.47. The summed E-state index contributed by atoms with van der Waals surface area (Å²) in [7, 11) is 0. The van der Waals surface area contributed by atoms with Gasteiger partial charge in [0.2, 0.25) is 11.8 Å². The van der Waals surface area contributed by atoms with E-state index in [9.17, 15) is 27.6 Å². The predicted octanol–water partition coefficient (Wildman–Crippen LogP) is 2.34. The second-order valence-corrected chi connectivity index (χ2v) is 9.31. The molecule has 34 heavy (non-hydrogen) atoms. The zero-order valence-corrected chi connectivity index (χ0v) is 18.1. The summed E-state index contributed by atoms with van der Waals surface area (Å²) in [6.45, 7) is 0.0631. The number of halogens is 3. The zero-order chi connectivity index (χ0) is 24.3. The number of benzene rings is 1. The van der Waals surface area contributed by atoms with Crippen molar-refractivity contribution in [1.82, 2.24) is 15.2 Å². The van der Waals surface area contributed by atoms with Gasteiger partial charge in [0, 0.05) is 18.7 Å². The molecule has 1 saturated heterocycles. The highest BCUT2D eigenvalue weighted by Gasteiger charge is 2.55. The van der Waals surface area contributed by atoms with Gasteiger partial charge in [0.15, 0.2) is 0 Å². The molecule has 11 heteroatoms. The Balaban J connectivity index is 1.36. The van der Waals surface area contributed by atoms with Crippen LogP contribution in [0.2, 0.25) is 0 Å². The van der Waals surface area contributed by atoms with E-state index in [4.69, 9.17) is 5.73 Å². The van der Waals surface area contributed by atoms with Crippen LogP contribution in [0.5, 0.6) is 0 Å². The van der Waals surface area contributed by atoms with E-state index in [0.29, 0.717) is 12.1 Å². The first-order valence-corrected chi connectivity index (χ1v) is 11.1. The minimum Gasteiger partial charge on any atom is -0.347 e. The number of aromatic nitrogens is 1. The molecule has 1 aromatic heterocycles. The minimum atomic E-state index is -4.61. The van der Waals surface area contributed by atoms with Gasteiger partial charge in [-0.2, -0.15) is 13.2 Å². The van der Waals surface area contributed by atoms with Crippen LogP contribution in [0.3, 0.4) is 0 Å². The average Bonchev–Trinajstić information content (AvgIpc) is 3.21. The highest BCUT2D eigenvalue weighted by Crippen LogP contribution is 2.45. The number of likely N-dealkylation sites (tertiary alicyclic amines) is 1.